The summed E-state index contributed by atoms with van der Waals surface area (Å²) >= 11 is 3.49. The molecule has 0 saturated carbocycles. The molecular weight excluding hydrogens is 394 g/mol. The molecule has 3 aromatic rings. The molecule has 1 N–H and O–H groups in total. The van der Waals surface area contributed by atoms with E-state index in [1.54, 1.807) is 0 Å². The van der Waals surface area contributed by atoms with E-state index < -0.39 is 0 Å². The molecular formula is C21H20BrNO3. The number of carbonyl (C=O) groups excluding carboxylic acids is 1. The number of aromatic nitrogens is 1. The van der Waals surface area contributed by atoms with Crippen molar-refractivity contribution in [2.24, 2.45) is 0 Å². The zero-order valence-electron chi connectivity index (χ0n) is 14.5. The van der Waals surface area contributed by atoms with Crippen molar-refractivity contribution in [1.29, 1.82) is 0 Å². The van der Waals surface area contributed by atoms with Gasteiger partial charge in [-0.05, 0) is 37.5 Å². The number of halogens is 1. The molecule has 0 aliphatic carbocycles. The minimum absolute atomic E-state index is 0.175. The molecule has 1 aromatic heterocycles. The number of rotatable bonds is 4. The molecule has 4 rings (SSSR count). The van der Waals surface area contributed by atoms with Crippen LogP contribution >= 0.6 is 15.9 Å². The topological polar surface area (TPSA) is 51.3 Å². The lowest BCUT2D eigenvalue weighted by Crippen LogP contribution is -2.24. The molecule has 0 amide bonds. The van der Waals surface area contributed by atoms with E-state index in [1.807, 2.05) is 49.4 Å². The van der Waals surface area contributed by atoms with Gasteiger partial charge in [0.1, 0.15) is 18.5 Å². The maximum absolute atomic E-state index is 12.8. The Hall–Kier alpha value is -2.27. The summed E-state index contributed by atoms with van der Waals surface area (Å²) in [6.45, 7) is 2.18. The number of carbonyl (C=O) groups is 1. The van der Waals surface area contributed by atoms with Gasteiger partial charge in [-0.25, -0.2) is 4.79 Å². The zero-order chi connectivity index (χ0) is 18.1. The SMILES string of the molecule is Cc1[nH]c2ccc3c(c2c1C(=O)OCc1ccccc1)CCC(CBr)O3. The van der Waals surface area contributed by atoms with Crippen LogP contribution in [0.2, 0.25) is 0 Å². The first-order valence-electron chi connectivity index (χ1n) is 8.75. The van der Waals surface area contributed by atoms with Crippen LogP contribution in [-0.4, -0.2) is 22.4 Å². The van der Waals surface area contributed by atoms with Crippen LogP contribution in [0.4, 0.5) is 0 Å². The van der Waals surface area contributed by atoms with Gasteiger partial charge in [-0.3, -0.25) is 0 Å². The highest BCUT2D eigenvalue weighted by molar-refractivity contribution is 9.09. The first kappa shape index (κ1) is 17.2. The van der Waals surface area contributed by atoms with Crippen LogP contribution < -0.4 is 4.74 Å². The van der Waals surface area contributed by atoms with Crippen LogP contribution in [0.25, 0.3) is 10.9 Å². The number of benzene rings is 2. The molecule has 1 aliphatic heterocycles. The third kappa shape index (κ3) is 3.12. The monoisotopic (exact) mass is 413 g/mol. The number of hydrogen-bond donors (Lipinski definition) is 1. The van der Waals surface area contributed by atoms with Gasteiger partial charge in [-0.1, -0.05) is 46.3 Å². The summed E-state index contributed by atoms with van der Waals surface area (Å²) in [6, 6.07) is 13.7. The van der Waals surface area contributed by atoms with E-state index in [2.05, 4.69) is 20.9 Å². The van der Waals surface area contributed by atoms with Gasteiger partial charge in [0.15, 0.2) is 0 Å². The van der Waals surface area contributed by atoms with Crippen molar-refractivity contribution in [3.8, 4) is 5.75 Å². The molecule has 4 nitrogen and oxygen atoms in total. The van der Waals surface area contributed by atoms with E-state index >= 15 is 0 Å². The van der Waals surface area contributed by atoms with E-state index in [9.17, 15) is 4.79 Å². The molecule has 0 radical (unpaired) electrons. The third-order valence-electron chi connectivity index (χ3n) is 4.82. The minimum Gasteiger partial charge on any atom is -0.489 e. The fourth-order valence-electron chi connectivity index (χ4n) is 3.53. The van der Waals surface area contributed by atoms with Gasteiger partial charge in [-0.2, -0.15) is 0 Å². The minimum atomic E-state index is -0.298. The Morgan fingerprint density at radius 2 is 2.08 bits per heavy atom. The molecule has 134 valence electrons. The third-order valence-corrected chi connectivity index (χ3v) is 5.54. The van der Waals surface area contributed by atoms with E-state index in [-0.39, 0.29) is 18.7 Å². The van der Waals surface area contributed by atoms with Crippen molar-refractivity contribution in [2.45, 2.75) is 32.5 Å². The van der Waals surface area contributed by atoms with Crippen LogP contribution in [0.1, 0.15) is 33.6 Å². The summed E-state index contributed by atoms with van der Waals surface area (Å²) in [4.78, 5) is 16.1. The first-order chi connectivity index (χ1) is 12.7. The number of aromatic amines is 1. The second-order valence-corrected chi connectivity index (χ2v) is 7.23. The van der Waals surface area contributed by atoms with Crippen molar-refractivity contribution >= 4 is 32.8 Å². The van der Waals surface area contributed by atoms with Gasteiger partial charge in [0.25, 0.3) is 0 Å². The number of hydrogen-bond acceptors (Lipinski definition) is 3. The number of aryl methyl sites for hydroxylation is 2. The van der Waals surface area contributed by atoms with Gasteiger partial charge in [0, 0.05) is 27.5 Å². The lowest BCUT2D eigenvalue weighted by molar-refractivity contribution is 0.0474. The highest BCUT2D eigenvalue weighted by Gasteiger charge is 2.26. The Labute approximate surface area is 160 Å². The smallest absolute Gasteiger partial charge is 0.340 e. The van der Waals surface area contributed by atoms with Gasteiger partial charge in [0.05, 0.1) is 5.56 Å². The summed E-state index contributed by atoms with van der Waals surface area (Å²) in [6.07, 6.45) is 1.99. The predicted molar refractivity (Wildman–Crippen MR) is 105 cm³/mol. The molecule has 0 fully saturated rings. The predicted octanol–water partition coefficient (Wildman–Crippen LogP) is 4.92. The molecule has 2 heterocycles. The van der Waals surface area contributed by atoms with Crippen LogP contribution in [0, 0.1) is 6.92 Å². The first-order valence-corrected chi connectivity index (χ1v) is 9.87. The van der Waals surface area contributed by atoms with Crippen LogP contribution in [0.15, 0.2) is 42.5 Å². The largest absolute Gasteiger partial charge is 0.489 e. The summed E-state index contributed by atoms with van der Waals surface area (Å²) in [5.74, 6) is 0.568. The Morgan fingerprint density at radius 3 is 2.85 bits per heavy atom. The number of H-pyrrole nitrogens is 1. The van der Waals surface area contributed by atoms with Gasteiger partial charge in [0.2, 0.25) is 0 Å². The summed E-state index contributed by atoms with van der Waals surface area (Å²) in [5.41, 5.74) is 4.47. The van der Waals surface area contributed by atoms with E-state index in [4.69, 9.17) is 9.47 Å². The van der Waals surface area contributed by atoms with Crippen molar-refractivity contribution < 1.29 is 14.3 Å². The quantitative estimate of drug-likeness (QED) is 0.487. The molecule has 26 heavy (non-hydrogen) atoms. The van der Waals surface area contributed by atoms with Crippen molar-refractivity contribution in [3.63, 3.8) is 0 Å². The maximum atomic E-state index is 12.8. The molecule has 5 heteroatoms. The van der Waals surface area contributed by atoms with E-state index in [0.29, 0.717) is 5.56 Å². The second kappa shape index (κ2) is 7.16. The molecule has 0 bridgehead atoms. The molecule has 1 aliphatic rings. The van der Waals surface area contributed by atoms with Crippen molar-refractivity contribution in [1.82, 2.24) is 4.98 Å². The Kier molecular flexibility index (Phi) is 4.72. The molecule has 2 aromatic carbocycles. The fraction of sp³-hybridized carbons (Fsp3) is 0.286. The summed E-state index contributed by atoms with van der Waals surface area (Å²) in [5, 5.41) is 1.74. The number of alkyl halides is 1. The zero-order valence-corrected chi connectivity index (χ0v) is 16.1. The molecule has 0 spiro atoms. The second-order valence-electron chi connectivity index (χ2n) is 6.58. The van der Waals surface area contributed by atoms with E-state index in [1.165, 1.54) is 0 Å². The lowest BCUT2D eigenvalue weighted by Gasteiger charge is -2.25. The van der Waals surface area contributed by atoms with Crippen molar-refractivity contribution in [2.75, 3.05) is 5.33 Å². The highest BCUT2D eigenvalue weighted by atomic mass is 79.9. The van der Waals surface area contributed by atoms with Crippen LogP contribution in [0.5, 0.6) is 5.75 Å². The Morgan fingerprint density at radius 1 is 1.27 bits per heavy atom. The summed E-state index contributed by atoms with van der Waals surface area (Å²) < 4.78 is 11.6. The normalized spacial score (nSPS) is 16.2. The average molecular weight is 414 g/mol. The van der Waals surface area contributed by atoms with Crippen LogP contribution in [-0.2, 0) is 17.8 Å². The van der Waals surface area contributed by atoms with Gasteiger partial charge >= 0.3 is 5.97 Å². The number of esters is 1. The Balaban J connectivity index is 1.68. The molecule has 0 saturated heterocycles. The number of nitrogens with one attached hydrogen (secondary N) is 1. The van der Waals surface area contributed by atoms with Gasteiger partial charge < -0.3 is 14.5 Å². The molecule has 1 atom stereocenters. The van der Waals surface area contributed by atoms with Gasteiger partial charge in [-0.15, -0.1) is 0 Å². The van der Waals surface area contributed by atoms with Crippen LogP contribution in [0.3, 0.4) is 0 Å². The number of ether oxygens (including phenoxy) is 2. The summed E-state index contributed by atoms with van der Waals surface area (Å²) in [7, 11) is 0. The van der Waals surface area contributed by atoms with E-state index in [0.717, 1.165) is 51.6 Å². The number of fused-ring (bicyclic) bond motifs is 3. The molecule has 1 unspecified atom stereocenters. The highest BCUT2D eigenvalue weighted by Crippen LogP contribution is 2.37. The Bertz CT molecular complexity index is 949. The standard InChI is InChI=1S/C21H20BrNO3/c1-13-19(21(24)25-12-14-5-3-2-4-6-14)20-16-8-7-15(11-22)26-18(16)10-9-17(20)23-13/h2-6,9-10,15,23H,7-8,11-12H2,1H3. The average Bonchev–Trinajstić information content (AvgIpc) is 3.02. The lowest BCUT2D eigenvalue weighted by atomic mass is 9.96. The fourth-order valence-corrected chi connectivity index (χ4v) is 3.99. The maximum Gasteiger partial charge on any atom is 0.340 e. The van der Waals surface area contributed by atoms with Crippen molar-refractivity contribution in [3.05, 3.63) is 64.8 Å².